The first-order valence-electron chi connectivity index (χ1n) is 13.5. The molecule has 43 heavy (non-hydrogen) atoms. The number of carboxylic acid groups (broad SMARTS) is 1. The van der Waals surface area contributed by atoms with Gasteiger partial charge in [0.15, 0.2) is 6.10 Å². The quantitative estimate of drug-likeness (QED) is 0.0612. The number of nitrogens with zero attached hydrogens (tertiary/aromatic N) is 1. The van der Waals surface area contributed by atoms with E-state index in [0.717, 1.165) is 4.90 Å². The van der Waals surface area contributed by atoms with Crippen molar-refractivity contribution in [3.05, 3.63) is 35.9 Å². The van der Waals surface area contributed by atoms with E-state index in [1.165, 1.54) is 30.4 Å². The molecule has 0 unspecified atom stereocenters. The predicted octanol–water partition coefficient (Wildman–Crippen LogP) is -0.105. The van der Waals surface area contributed by atoms with Gasteiger partial charge >= 0.3 is 11.3 Å². The van der Waals surface area contributed by atoms with Gasteiger partial charge in [0.25, 0.3) is 11.8 Å². The number of hydrogen-bond acceptors (Lipinski definition) is 12. The van der Waals surface area contributed by atoms with Crippen LogP contribution in [0.2, 0.25) is 0 Å². The minimum atomic E-state index is -1.87. The number of hydrogen-bond donors (Lipinski definition) is 6. The normalized spacial score (nSPS) is 23.3. The Balaban J connectivity index is 1.45. The van der Waals surface area contributed by atoms with Crippen molar-refractivity contribution in [2.75, 3.05) is 19.7 Å². The number of carbonyl (C=O) groups excluding carboxylic acids is 4. The van der Waals surface area contributed by atoms with Gasteiger partial charge in [-0.1, -0.05) is 19.0 Å². The monoisotopic (exact) mass is 626 g/mol. The number of aliphatic hydroxyl groups excluding tert-OH is 3. The molecule has 0 aliphatic carbocycles. The molecule has 1 fully saturated rings. The molecular weight excluding hydrogens is 592 g/mol. The molecule has 0 spiro atoms. The van der Waals surface area contributed by atoms with E-state index in [9.17, 15) is 44.4 Å². The van der Waals surface area contributed by atoms with E-state index in [-0.39, 0.29) is 48.9 Å². The number of unbranched alkanes of at least 4 members (excludes halogenated alkanes) is 2. The van der Waals surface area contributed by atoms with Crippen molar-refractivity contribution in [1.82, 2.24) is 10.2 Å². The summed E-state index contributed by atoms with van der Waals surface area (Å²) in [7, 11) is 0. The van der Waals surface area contributed by atoms with Gasteiger partial charge in [0.2, 0.25) is 12.2 Å². The van der Waals surface area contributed by atoms with Gasteiger partial charge in [0, 0.05) is 43.3 Å². The first-order valence-corrected chi connectivity index (χ1v) is 13.9. The lowest BCUT2D eigenvalue weighted by Gasteiger charge is -2.38. The molecule has 2 heterocycles. The van der Waals surface area contributed by atoms with Crippen LogP contribution in [0.5, 0.6) is 11.5 Å². The van der Waals surface area contributed by atoms with Crippen LogP contribution in [0.4, 0.5) is 4.79 Å². The highest BCUT2D eigenvalue weighted by Gasteiger charge is 2.48. The zero-order chi connectivity index (χ0) is 31.5. The molecule has 5 atom stereocenters. The van der Waals surface area contributed by atoms with Crippen LogP contribution in [0.25, 0.3) is 0 Å². The maximum atomic E-state index is 12.1. The van der Waals surface area contributed by atoms with Crippen molar-refractivity contribution in [2.24, 2.45) is 0 Å². The van der Waals surface area contributed by atoms with E-state index < -0.39 is 42.0 Å². The summed E-state index contributed by atoms with van der Waals surface area (Å²) >= 11 is 3.57. The fourth-order valence-corrected chi connectivity index (χ4v) is 4.30. The summed E-state index contributed by atoms with van der Waals surface area (Å²) in [5, 5.41) is 41.2. The van der Waals surface area contributed by atoms with E-state index in [0.29, 0.717) is 44.3 Å². The van der Waals surface area contributed by atoms with E-state index in [1.54, 1.807) is 0 Å². The standard InChI is InChI=1S/C27H34N2O13S/c30-18(5-2-1-3-11-29-19(31)8-9-20(29)32)28-10-4-12-39-17-13-16(7-6-15(17)14-40-27(38)43)41-26-23(35)21(33)22(34)24(42-26)25(36)37/h6-9,13,21-24,26,33-35H,1-5,10-12,14H2,(H,28,30)(H,36,37)(H,38,43)/t21-,22-,23+,24-,26+/m0/s1. The van der Waals surface area contributed by atoms with Gasteiger partial charge in [-0.15, -0.1) is 0 Å². The van der Waals surface area contributed by atoms with Gasteiger partial charge in [-0.05, 0) is 31.4 Å². The minimum absolute atomic E-state index is 0.0516. The molecule has 0 bridgehead atoms. The van der Waals surface area contributed by atoms with E-state index >= 15 is 0 Å². The van der Waals surface area contributed by atoms with E-state index in [4.69, 9.17) is 18.9 Å². The summed E-state index contributed by atoms with van der Waals surface area (Å²) in [4.78, 5) is 58.8. The molecule has 2 aliphatic heterocycles. The van der Waals surface area contributed by atoms with Crippen LogP contribution in [-0.4, -0.2) is 105 Å². The van der Waals surface area contributed by atoms with Gasteiger partial charge in [-0.3, -0.25) is 19.3 Å². The van der Waals surface area contributed by atoms with E-state index in [1.807, 2.05) is 0 Å². The highest BCUT2D eigenvalue weighted by molar-refractivity contribution is 7.96. The minimum Gasteiger partial charge on any atom is -0.493 e. The summed E-state index contributed by atoms with van der Waals surface area (Å²) in [6.07, 6.45) is -3.94. The first kappa shape index (κ1) is 33.8. The third-order valence-corrected chi connectivity index (χ3v) is 6.67. The van der Waals surface area contributed by atoms with Crippen molar-refractivity contribution >= 4 is 41.6 Å². The van der Waals surface area contributed by atoms with Gasteiger partial charge in [-0.25, -0.2) is 9.59 Å². The van der Waals surface area contributed by atoms with Gasteiger partial charge in [0.05, 0.1) is 6.61 Å². The lowest BCUT2D eigenvalue weighted by molar-refractivity contribution is -0.271. The van der Waals surface area contributed by atoms with Gasteiger partial charge in [0.1, 0.15) is 36.4 Å². The molecule has 16 heteroatoms. The topological polar surface area (TPSA) is 218 Å². The number of carboxylic acids is 1. The molecule has 2 aliphatic rings. The van der Waals surface area contributed by atoms with Crippen molar-refractivity contribution < 1.29 is 63.3 Å². The predicted molar refractivity (Wildman–Crippen MR) is 148 cm³/mol. The molecule has 0 aromatic heterocycles. The number of aliphatic carboxylic acids is 1. The van der Waals surface area contributed by atoms with Crippen molar-refractivity contribution in [2.45, 2.75) is 69.4 Å². The molecule has 1 aromatic rings. The largest absolute Gasteiger partial charge is 0.493 e. The number of aliphatic hydroxyl groups is 3. The Morgan fingerprint density at radius 1 is 0.977 bits per heavy atom. The summed E-state index contributed by atoms with van der Waals surface area (Å²) in [5.41, 5.74) is 0.427. The molecule has 0 saturated carbocycles. The van der Waals surface area contributed by atoms with Crippen molar-refractivity contribution in [3.8, 4) is 11.5 Å². The van der Waals surface area contributed by atoms with Crippen molar-refractivity contribution in [3.63, 3.8) is 0 Å². The van der Waals surface area contributed by atoms with Crippen LogP contribution < -0.4 is 14.8 Å². The Bertz CT molecular complexity index is 1190. The number of imide groups is 1. The maximum Gasteiger partial charge on any atom is 0.364 e. The molecule has 5 N–H and O–H groups in total. The lowest BCUT2D eigenvalue weighted by Crippen LogP contribution is -2.61. The molecular formula is C27H34N2O13S. The Morgan fingerprint density at radius 3 is 2.37 bits per heavy atom. The average molecular weight is 627 g/mol. The van der Waals surface area contributed by atoms with Gasteiger partial charge < -0.3 is 44.7 Å². The molecule has 15 nitrogen and oxygen atoms in total. The fraction of sp³-hybridized carbons (Fsp3) is 0.519. The molecule has 3 rings (SSSR count). The summed E-state index contributed by atoms with van der Waals surface area (Å²) in [6, 6.07) is 4.28. The zero-order valence-electron chi connectivity index (χ0n) is 23.0. The van der Waals surface area contributed by atoms with Gasteiger partial charge in [-0.2, -0.15) is 0 Å². The Hall–Kier alpha value is -3.70. The average Bonchev–Trinajstić information content (AvgIpc) is 3.28. The summed E-state index contributed by atoms with van der Waals surface area (Å²) < 4.78 is 21.4. The van der Waals surface area contributed by atoms with Crippen LogP contribution >= 0.6 is 12.6 Å². The highest BCUT2D eigenvalue weighted by atomic mass is 32.1. The zero-order valence-corrected chi connectivity index (χ0v) is 23.9. The maximum absolute atomic E-state index is 12.1. The van der Waals surface area contributed by atoms with Crippen LogP contribution in [0.15, 0.2) is 30.4 Å². The Labute approximate surface area is 251 Å². The molecule has 236 valence electrons. The molecule has 0 radical (unpaired) electrons. The number of rotatable bonds is 16. The Morgan fingerprint density at radius 2 is 1.70 bits per heavy atom. The second-order valence-corrected chi connectivity index (χ2v) is 10.1. The third-order valence-electron chi connectivity index (χ3n) is 6.54. The number of amides is 3. The third kappa shape index (κ3) is 9.93. The van der Waals surface area contributed by atoms with Crippen LogP contribution in [0.1, 0.15) is 37.7 Å². The summed E-state index contributed by atoms with van der Waals surface area (Å²) in [6.45, 7) is 0.552. The van der Waals surface area contributed by atoms with E-state index in [2.05, 4.69) is 17.9 Å². The second-order valence-electron chi connectivity index (χ2n) is 9.70. The smallest absolute Gasteiger partial charge is 0.364 e. The van der Waals surface area contributed by atoms with Crippen LogP contribution in [0.3, 0.4) is 0 Å². The lowest BCUT2D eigenvalue weighted by atomic mass is 9.99. The Kier molecular flexibility index (Phi) is 12.8. The SMILES string of the molecule is O=C(CCCCCN1C(=O)C=CC1=O)NCCCOc1cc(O[C@@H]2O[C@H](C(=O)O)[C@@H](O)[C@H](O)[C@H]2O)ccc1COC(=O)S. The van der Waals surface area contributed by atoms with Crippen LogP contribution in [-0.2, 0) is 35.3 Å². The van der Waals surface area contributed by atoms with Crippen LogP contribution in [0, 0.1) is 0 Å². The molecule has 1 saturated heterocycles. The van der Waals surface area contributed by atoms with Crippen molar-refractivity contribution in [1.29, 1.82) is 0 Å². The molecule has 1 aromatic carbocycles. The fourth-order valence-electron chi connectivity index (χ4n) is 4.24. The highest BCUT2D eigenvalue weighted by Crippen LogP contribution is 2.30. The number of thiol groups is 1. The first-order chi connectivity index (χ1) is 20.5. The number of nitrogens with one attached hydrogen (secondary N) is 1. The summed E-state index contributed by atoms with van der Waals surface area (Å²) in [5.74, 6) is -2.11. The number of carbonyl (C=O) groups is 5. The second kappa shape index (κ2) is 16.2. The molecule has 3 amide bonds. The number of ether oxygens (including phenoxy) is 4. The number of benzene rings is 1.